The molecule has 8 nitrogen and oxygen atoms in total. The maximum absolute atomic E-state index is 12.7. The molecule has 160 valence electrons. The molecule has 2 unspecified atom stereocenters. The van der Waals surface area contributed by atoms with Gasteiger partial charge in [-0.1, -0.05) is 19.3 Å². The summed E-state index contributed by atoms with van der Waals surface area (Å²) in [7, 11) is 0. The number of carbonyl (C=O) groups excluding carboxylic acids is 1. The summed E-state index contributed by atoms with van der Waals surface area (Å²) in [6.45, 7) is 7.58. The highest BCUT2D eigenvalue weighted by Gasteiger charge is 2.42. The van der Waals surface area contributed by atoms with Gasteiger partial charge in [-0.3, -0.25) is 0 Å². The average Bonchev–Trinajstić information content (AvgIpc) is 3.41. The largest absolute Gasteiger partial charge is 0.356 e. The van der Waals surface area contributed by atoms with Gasteiger partial charge >= 0.3 is 6.03 Å². The number of aryl methyl sites for hydroxylation is 2. The molecule has 0 bridgehead atoms. The van der Waals surface area contributed by atoms with E-state index in [4.69, 9.17) is 0 Å². The summed E-state index contributed by atoms with van der Waals surface area (Å²) in [5, 5.41) is 7.81. The molecule has 2 aromatic heterocycles. The van der Waals surface area contributed by atoms with Crippen LogP contribution in [0.5, 0.6) is 0 Å². The highest BCUT2D eigenvalue weighted by atomic mass is 16.2. The Bertz CT molecular complexity index is 906. The molecule has 3 aliphatic rings. The van der Waals surface area contributed by atoms with Crippen molar-refractivity contribution in [3.05, 3.63) is 29.8 Å². The lowest BCUT2D eigenvalue weighted by Gasteiger charge is -2.27. The zero-order chi connectivity index (χ0) is 20.7. The number of hydrogen-bond donors (Lipinski definition) is 1. The summed E-state index contributed by atoms with van der Waals surface area (Å²) in [4.78, 5) is 26.0. The molecule has 2 aliphatic heterocycles. The van der Waals surface area contributed by atoms with Gasteiger partial charge < -0.3 is 15.1 Å². The number of carbonyl (C=O) groups is 1. The minimum Gasteiger partial charge on any atom is -0.356 e. The van der Waals surface area contributed by atoms with Crippen LogP contribution < -0.4 is 10.2 Å². The molecule has 2 amide bonds. The molecule has 1 saturated carbocycles. The third-order valence-corrected chi connectivity index (χ3v) is 6.90. The topological polar surface area (TPSA) is 79.2 Å². The molecule has 0 radical (unpaired) electrons. The Morgan fingerprint density at radius 2 is 1.67 bits per heavy atom. The fourth-order valence-electron chi connectivity index (χ4n) is 5.35. The predicted octanol–water partition coefficient (Wildman–Crippen LogP) is 2.69. The SMILES string of the molecule is Cc1cc(C)n(-c2cc(N3CC4CN(C(=O)NC5CCCCC5)CC4C3)ncn2)n1. The van der Waals surface area contributed by atoms with Crippen LogP contribution in [0.1, 0.15) is 43.5 Å². The molecular weight excluding hydrogens is 378 g/mol. The second-order valence-electron chi connectivity index (χ2n) is 9.19. The minimum absolute atomic E-state index is 0.136. The van der Waals surface area contributed by atoms with Crippen LogP contribution in [0.3, 0.4) is 0 Å². The van der Waals surface area contributed by atoms with E-state index in [1.54, 1.807) is 6.33 Å². The molecule has 2 atom stereocenters. The van der Waals surface area contributed by atoms with Crippen LogP contribution in [0.25, 0.3) is 5.82 Å². The number of amides is 2. The first kappa shape index (κ1) is 19.3. The Morgan fingerprint density at radius 3 is 2.33 bits per heavy atom. The number of nitrogens with one attached hydrogen (secondary N) is 1. The van der Waals surface area contributed by atoms with Crippen LogP contribution in [0.15, 0.2) is 18.5 Å². The Kier molecular flexibility index (Phi) is 5.08. The van der Waals surface area contributed by atoms with Crippen molar-refractivity contribution in [3.63, 3.8) is 0 Å². The summed E-state index contributed by atoms with van der Waals surface area (Å²) in [6, 6.07) is 4.58. The second-order valence-corrected chi connectivity index (χ2v) is 9.19. The lowest BCUT2D eigenvalue weighted by atomic mass is 9.96. The first-order valence-electron chi connectivity index (χ1n) is 11.2. The van der Waals surface area contributed by atoms with Crippen molar-refractivity contribution in [1.29, 1.82) is 0 Å². The fraction of sp³-hybridized carbons (Fsp3) is 0.636. The lowest BCUT2D eigenvalue weighted by Crippen LogP contribution is -2.45. The van der Waals surface area contributed by atoms with Crippen LogP contribution in [0.4, 0.5) is 10.6 Å². The number of urea groups is 1. The van der Waals surface area contributed by atoms with E-state index in [9.17, 15) is 4.79 Å². The number of aromatic nitrogens is 4. The van der Waals surface area contributed by atoms with Crippen LogP contribution in [-0.2, 0) is 0 Å². The van der Waals surface area contributed by atoms with Gasteiger partial charge in [0, 0.05) is 55.8 Å². The zero-order valence-electron chi connectivity index (χ0n) is 17.9. The summed E-state index contributed by atoms with van der Waals surface area (Å²) in [5.74, 6) is 2.76. The van der Waals surface area contributed by atoms with E-state index < -0.39 is 0 Å². The standard InChI is InChI=1S/C22H31N7O/c1-15-8-16(2)29(26-15)21-9-20(23-14-24-21)27-10-17-12-28(13-18(17)11-27)22(30)25-19-6-4-3-5-7-19/h8-9,14,17-19H,3-7,10-13H2,1-2H3,(H,25,30). The summed E-state index contributed by atoms with van der Waals surface area (Å²) < 4.78 is 1.87. The molecule has 2 aromatic rings. The van der Waals surface area contributed by atoms with Gasteiger partial charge in [0.2, 0.25) is 0 Å². The minimum atomic E-state index is 0.136. The van der Waals surface area contributed by atoms with Gasteiger partial charge in [0.05, 0.1) is 5.69 Å². The number of likely N-dealkylation sites (tertiary alicyclic amines) is 1. The maximum atomic E-state index is 12.7. The Morgan fingerprint density at radius 1 is 0.967 bits per heavy atom. The molecule has 0 spiro atoms. The molecule has 30 heavy (non-hydrogen) atoms. The molecule has 1 aliphatic carbocycles. The van der Waals surface area contributed by atoms with Crippen LogP contribution >= 0.6 is 0 Å². The normalized spacial score (nSPS) is 24.3. The number of anilines is 1. The van der Waals surface area contributed by atoms with Crippen molar-refractivity contribution in [2.24, 2.45) is 11.8 Å². The highest BCUT2D eigenvalue weighted by molar-refractivity contribution is 5.75. The Labute approximate surface area is 177 Å². The van der Waals surface area contributed by atoms with Crippen molar-refractivity contribution < 1.29 is 4.79 Å². The van der Waals surface area contributed by atoms with E-state index in [2.05, 4.69) is 31.3 Å². The predicted molar refractivity (Wildman–Crippen MR) is 115 cm³/mol. The first-order chi connectivity index (χ1) is 14.6. The molecule has 5 rings (SSSR count). The quantitative estimate of drug-likeness (QED) is 0.843. The van der Waals surface area contributed by atoms with Crippen LogP contribution in [0, 0.1) is 25.7 Å². The van der Waals surface area contributed by atoms with Gasteiger partial charge in [0.15, 0.2) is 5.82 Å². The smallest absolute Gasteiger partial charge is 0.317 e. The molecule has 4 heterocycles. The van der Waals surface area contributed by atoms with Gasteiger partial charge in [-0.15, -0.1) is 0 Å². The Balaban J connectivity index is 1.21. The number of nitrogens with zero attached hydrogens (tertiary/aromatic N) is 6. The van der Waals surface area contributed by atoms with Crippen molar-refractivity contribution in [2.75, 3.05) is 31.1 Å². The van der Waals surface area contributed by atoms with E-state index in [1.165, 1.54) is 19.3 Å². The van der Waals surface area contributed by atoms with Crippen molar-refractivity contribution in [3.8, 4) is 5.82 Å². The van der Waals surface area contributed by atoms with E-state index >= 15 is 0 Å². The highest BCUT2D eigenvalue weighted by Crippen LogP contribution is 2.33. The van der Waals surface area contributed by atoms with E-state index in [0.29, 0.717) is 17.9 Å². The second kappa shape index (κ2) is 7.89. The van der Waals surface area contributed by atoms with Gasteiger partial charge in [-0.05, 0) is 32.8 Å². The van der Waals surface area contributed by atoms with E-state index in [0.717, 1.165) is 62.0 Å². The van der Waals surface area contributed by atoms with Gasteiger partial charge in [-0.2, -0.15) is 5.10 Å². The number of fused-ring (bicyclic) bond motifs is 1. The van der Waals surface area contributed by atoms with Crippen LogP contribution in [0.2, 0.25) is 0 Å². The summed E-state index contributed by atoms with van der Waals surface area (Å²) >= 11 is 0. The third-order valence-electron chi connectivity index (χ3n) is 6.90. The van der Waals surface area contributed by atoms with Crippen molar-refractivity contribution in [1.82, 2.24) is 30.0 Å². The monoisotopic (exact) mass is 409 g/mol. The molecule has 8 heteroatoms. The average molecular weight is 410 g/mol. The molecule has 1 N–H and O–H groups in total. The van der Waals surface area contributed by atoms with Gasteiger partial charge in [-0.25, -0.2) is 19.4 Å². The lowest BCUT2D eigenvalue weighted by molar-refractivity contribution is 0.197. The summed E-state index contributed by atoms with van der Waals surface area (Å²) in [6.07, 6.45) is 7.67. The zero-order valence-corrected chi connectivity index (χ0v) is 17.9. The number of hydrogen-bond acceptors (Lipinski definition) is 5. The Hall–Kier alpha value is -2.64. The molecular formula is C22H31N7O. The fourth-order valence-corrected chi connectivity index (χ4v) is 5.35. The van der Waals surface area contributed by atoms with Gasteiger partial charge in [0.25, 0.3) is 0 Å². The molecule has 3 fully saturated rings. The van der Waals surface area contributed by atoms with Crippen LogP contribution in [-0.4, -0.2) is 62.9 Å². The first-order valence-corrected chi connectivity index (χ1v) is 11.2. The molecule has 2 saturated heterocycles. The maximum Gasteiger partial charge on any atom is 0.317 e. The van der Waals surface area contributed by atoms with Crippen molar-refractivity contribution in [2.45, 2.75) is 52.0 Å². The number of rotatable bonds is 3. The van der Waals surface area contributed by atoms with Gasteiger partial charge in [0.1, 0.15) is 12.1 Å². The van der Waals surface area contributed by atoms with E-state index in [-0.39, 0.29) is 6.03 Å². The van der Waals surface area contributed by atoms with E-state index in [1.807, 2.05) is 29.5 Å². The van der Waals surface area contributed by atoms with Crippen molar-refractivity contribution >= 4 is 11.8 Å². The third kappa shape index (κ3) is 3.75. The summed E-state index contributed by atoms with van der Waals surface area (Å²) in [5.41, 5.74) is 2.05. The molecule has 0 aromatic carbocycles.